The summed E-state index contributed by atoms with van der Waals surface area (Å²) in [6.45, 7) is 5.33. The van der Waals surface area contributed by atoms with E-state index in [1.54, 1.807) is 23.5 Å². The predicted octanol–water partition coefficient (Wildman–Crippen LogP) is 3.21. The van der Waals surface area contributed by atoms with Crippen molar-refractivity contribution in [1.82, 2.24) is 10.3 Å². The van der Waals surface area contributed by atoms with E-state index in [0.29, 0.717) is 18.7 Å². The van der Waals surface area contributed by atoms with Crippen LogP contribution < -0.4 is 10.1 Å². The molecule has 0 spiro atoms. The predicted molar refractivity (Wildman–Crippen MR) is 85.1 cm³/mol. The number of nitrogens with one attached hydrogen (secondary N) is 1. The molecular weight excluding hydrogens is 284 g/mol. The number of benzene rings is 1. The molecule has 0 saturated heterocycles. The average Bonchev–Trinajstić information content (AvgIpc) is 2.91. The molecule has 0 unspecified atom stereocenters. The summed E-state index contributed by atoms with van der Waals surface area (Å²) in [5.74, 6) is 0.732. The number of carbonyl (C=O) groups is 1. The molecule has 2 rings (SSSR count). The summed E-state index contributed by atoms with van der Waals surface area (Å²) in [7, 11) is 0. The number of thiazole rings is 1. The molecule has 1 N–H and O–H groups in total. The molecule has 0 bridgehead atoms. The van der Waals surface area contributed by atoms with E-state index in [0.717, 1.165) is 29.3 Å². The molecule has 0 radical (unpaired) electrons. The minimum absolute atomic E-state index is 0.0657. The lowest BCUT2D eigenvalue weighted by atomic mass is 10.2. The van der Waals surface area contributed by atoms with Crippen molar-refractivity contribution in [2.75, 3.05) is 13.2 Å². The largest absolute Gasteiger partial charge is 0.494 e. The van der Waals surface area contributed by atoms with Gasteiger partial charge in [0.05, 0.1) is 17.3 Å². The second-order valence-electron chi connectivity index (χ2n) is 4.74. The van der Waals surface area contributed by atoms with E-state index in [1.165, 1.54) is 0 Å². The maximum Gasteiger partial charge on any atom is 0.251 e. The lowest BCUT2D eigenvalue weighted by molar-refractivity contribution is 0.0954. The van der Waals surface area contributed by atoms with E-state index in [-0.39, 0.29) is 5.91 Å². The van der Waals surface area contributed by atoms with E-state index < -0.39 is 0 Å². The number of rotatable bonds is 7. The van der Waals surface area contributed by atoms with Crippen LogP contribution in [0.2, 0.25) is 0 Å². The Bertz CT molecular complexity index is 578. The minimum atomic E-state index is -0.0657. The van der Waals surface area contributed by atoms with E-state index in [4.69, 9.17) is 4.74 Å². The van der Waals surface area contributed by atoms with Crippen molar-refractivity contribution in [2.45, 2.75) is 26.7 Å². The van der Waals surface area contributed by atoms with Gasteiger partial charge in [0.2, 0.25) is 0 Å². The third-order valence-corrected chi connectivity index (χ3v) is 3.74. The molecule has 0 aliphatic carbocycles. The molecule has 4 nitrogen and oxygen atoms in total. The first-order valence-corrected chi connectivity index (χ1v) is 7.99. The molecule has 0 fully saturated rings. The van der Waals surface area contributed by atoms with Gasteiger partial charge < -0.3 is 10.1 Å². The fraction of sp³-hybridized carbons (Fsp3) is 0.375. The Kier molecular flexibility index (Phi) is 5.75. The van der Waals surface area contributed by atoms with Crippen molar-refractivity contribution in [3.05, 3.63) is 45.9 Å². The van der Waals surface area contributed by atoms with Crippen molar-refractivity contribution in [1.29, 1.82) is 0 Å². The van der Waals surface area contributed by atoms with Gasteiger partial charge >= 0.3 is 0 Å². The molecule has 5 heteroatoms. The summed E-state index contributed by atoms with van der Waals surface area (Å²) in [5, 5.41) is 5.99. The van der Waals surface area contributed by atoms with Crippen LogP contribution in [0, 0.1) is 6.92 Å². The van der Waals surface area contributed by atoms with Gasteiger partial charge in [0, 0.05) is 23.9 Å². The lowest BCUT2D eigenvalue weighted by Gasteiger charge is -2.06. The minimum Gasteiger partial charge on any atom is -0.494 e. The number of hydrogen-bond acceptors (Lipinski definition) is 4. The zero-order chi connectivity index (χ0) is 15.1. The number of hydrogen-bond donors (Lipinski definition) is 1. The fourth-order valence-electron chi connectivity index (χ4n) is 1.85. The first-order valence-electron chi connectivity index (χ1n) is 7.11. The van der Waals surface area contributed by atoms with Gasteiger partial charge in [-0.1, -0.05) is 6.92 Å². The van der Waals surface area contributed by atoms with Crippen LogP contribution in [0.4, 0.5) is 0 Å². The van der Waals surface area contributed by atoms with Gasteiger partial charge in [0.15, 0.2) is 0 Å². The first kappa shape index (κ1) is 15.5. The molecule has 2 aromatic rings. The molecule has 1 aromatic carbocycles. The second kappa shape index (κ2) is 7.78. The highest BCUT2D eigenvalue weighted by molar-refractivity contribution is 7.09. The summed E-state index contributed by atoms with van der Waals surface area (Å²) in [6, 6.07) is 7.23. The van der Waals surface area contributed by atoms with Crippen molar-refractivity contribution in [2.24, 2.45) is 0 Å². The molecule has 0 saturated carbocycles. The van der Waals surface area contributed by atoms with E-state index in [2.05, 4.69) is 17.2 Å². The normalized spacial score (nSPS) is 10.4. The molecule has 0 atom stereocenters. The Hall–Kier alpha value is -1.88. The summed E-state index contributed by atoms with van der Waals surface area (Å²) >= 11 is 1.63. The number of amides is 1. The molecular formula is C16H20N2O2S. The first-order chi connectivity index (χ1) is 10.2. The molecule has 112 valence electrons. The molecule has 21 heavy (non-hydrogen) atoms. The van der Waals surface area contributed by atoms with Crippen LogP contribution in [0.25, 0.3) is 0 Å². The third-order valence-electron chi connectivity index (χ3n) is 2.92. The highest BCUT2D eigenvalue weighted by Gasteiger charge is 2.06. The van der Waals surface area contributed by atoms with Crippen LogP contribution >= 0.6 is 11.3 Å². The van der Waals surface area contributed by atoms with Gasteiger partial charge in [-0.2, -0.15) is 0 Å². The van der Waals surface area contributed by atoms with Crippen LogP contribution in [0.15, 0.2) is 29.6 Å². The molecule has 0 aliphatic rings. The maximum atomic E-state index is 12.0. The summed E-state index contributed by atoms with van der Waals surface area (Å²) in [4.78, 5) is 16.4. The van der Waals surface area contributed by atoms with Crippen LogP contribution in [-0.2, 0) is 6.42 Å². The van der Waals surface area contributed by atoms with Gasteiger partial charge in [0.1, 0.15) is 5.75 Å². The average molecular weight is 304 g/mol. The van der Waals surface area contributed by atoms with Crippen molar-refractivity contribution in [3.8, 4) is 5.75 Å². The molecule has 0 aliphatic heterocycles. The second-order valence-corrected chi connectivity index (χ2v) is 5.80. The van der Waals surface area contributed by atoms with Crippen LogP contribution in [-0.4, -0.2) is 24.0 Å². The summed E-state index contributed by atoms with van der Waals surface area (Å²) in [5.41, 5.74) is 1.68. The number of aryl methyl sites for hydroxylation is 1. The number of nitrogens with zero attached hydrogens (tertiary/aromatic N) is 1. The maximum absolute atomic E-state index is 12.0. The Labute approximate surface area is 129 Å². The van der Waals surface area contributed by atoms with E-state index in [1.807, 2.05) is 24.4 Å². The van der Waals surface area contributed by atoms with Gasteiger partial charge in [0.25, 0.3) is 5.91 Å². The van der Waals surface area contributed by atoms with Gasteiger partial charge in [-0.3, -0.25) is 4.79 Å². The molecule has 1 amide bonds. The van der Waals surface area contributed by atoms with Crippen LogP contribution in [0.3, 0.4) is 0 Å². The highest BCUT2D eigenvalue weighted by atomic mass is 32.1. The van der Waals surface area contributed by atoms with Crippen LogP contribution in [0.5, 0.6) is 5.75 Å². The smallest absolute Gasteiger partial charge is 0.251 e. The van der Waals surface area contributed by atoms with E-state index >= 15 is 0 Å². The SMILES string of the molecule is CCCOc1ccc(C(=O)NCCc2csc(C)n2)cc1. The van der Waals surface area contributed by atoms with Crippen molar-refractivity contribution >= 4 is 17.2 Å². The Morgan fingerprint density at radius 3 is 2.71 bits per heavy atom. The zero-order valence-electron chi connectivity index (χ0n) is 12.4. The van der Waals surface area contributed by atoms with Gasteiger partial charge in [-0.05, 0) is 37.6 Å². The van der Waals surface area contributed by atoms with Gasteiger partial charge in [-0.25, -0.2) is 4.98 Å². The molecule has 1 aromatic heterocycles. The third kappa shape index (κ3) is 4.86. The standard InChI is InChI=1S/C16H20N2O2S/c1-3-10-20-15-6-4-13(5-7-15)16(19)17-9-8-14-11-21-12(2)18-14/h4-7,11H,3,8-10H2,1-2H3,(H,17,19). The molecule has 1 heterocycles. The summed E-state index contributed by atoms with van der Waals surface area (Å²) < 4.78 is 5.49. The number of carbonyl (C=O) groups excluding carboxylic acids is 1. The van der Waals surface area contributed by atoms with Crippen molar-refractivity contribution < 1.29 is 9.53 Å². The quantitative estimate of drug-likeness (QED) is 0.854. The monoisotopic (exact) mass is 304 g/mol. The Morgan fingerprint density at radius 1 is 1.33 bits per heavy atom. The summed E-state index contributed by atoms with van der Waals surface area (Å²) in [6.07, 6.45) is 1.73. The Balaban J connectivity index is 1.79. The van der Waals surface area contributed by atoms with Gasteiger partial charge in [-0.15, -0.1) is 11.3 Å². The van der Waals surface area contributed by atoms with Crippen LogP contribution in [0.1, 0.15) is 34.4 Å². The Morgan fingerprint density at radius 2 is 2.10 bits per heavy atom. The fourth-order valence-corrected chi connectivity index (χ4v) is 2.50. The lowest BCUT2D eigenvalue weighted by Crippen LogP contribution is -2.25. The topological polar surface area (TPSA) is 51.2 Å². The van der Waals surface area contributed by atoms with E-state index in [9.17, 15) is 4.79 Å². The number of aromatic nitrogens is 1. The zero-order valence-corrected chi connectivity index (χ0v) is 13.2. The van der Waals surface area contributed by atoms with Crippen molar-refractivity contribution in [3.63, 3.8) is 0 Å². The number of ether oxygens (including phenoxy) is 1. The highest BCUT2D eigenvalue weighted by Crippen LogP contribution is 2.12.